The van der Waals surface area contributed by atoms with Crippen LogP contribution < -0.4 is 5.32 Å². The van der Waals surface area contributed by atoms with E-state index in [1.54, 1.807) is 23.5 Å². The van der Waals surface area contributed by atoms with Crippen LogP contribution in [0, 0.1) is 5.92 Å². The number of carbonyl (C=O) groups excluding carboxylic acids is 2. The van der Waals surface area contributed by atoms with Crippen LogP contribution in [0.2, 0.25) is 0 Å². The zero-order valence-electron chi connectivity index (χ0n) is 11.4. The Bertz CT molecular complexity index is 458. The molecular weight excluding hydrogens is 262 g/mol. The first-order valence-corrected chi connectivity index (χ1v) is 7.35. The summed E-state index contributed by atoms with van der Waals surface area (Å²) >= 11 is 1.51. The monoisotopic (exact) mass is 281 g/mol. The van der Waals surface area contributed by atoms with Crippen molar-refractivity contribution in [2.45, 2.75) is 45.8 Å². The van der Waals surface area contributed by atoms with Gasteiger partial charge in [-0.05, 0) is 19.3 Å². The highest BCUT2D eigenvalue weighted by molar-refractivity contribution is 7.09. The van der Waals surface area contributed by atoms with Crippen LogP contribution in [0.3, 0.4) is 0 Å². The highest BCUT2D eigenvalue weighted by Crippen LogP contribution is 2.21. The predicted molar refractivity (Wildman–Crippen MR) is 73.5 cm³/mol. The molecule has 1 aliphatic rings. The average Bonchev–Trinajstić information content (AvgIpc) is 2.83. The summed E-state index contributed by atoms with van der Waals surface area (Å²) in [5.74, 6) is 0.296. The summed E-state index contributed by atoms with van der Waals surface area (Å²) in [5.41, 5.74) is 1.74. The van der Waals surface area contributed by atoms with E-state index in [4.69, 9.17) is 0 Å². The summed E-state index contributed by atoms with van der Waals surface area (Å²) in [7, 11) is 0. The number of hydrogen-bond donors (Lipinski definition) is 1. The van der Waals surface area contributed by atoms with Crippen LogP contribution in [0.1, 0.15) is 32.1 Å². The Morgan fingerprint density at radius 3 is 2.79 bits per heavy atom. The molecule has 1 aliphatic heterocycles. The molecule has 2 rings (SSSR count). The molecular formula is C13H19N3O2S. The van der Waals surface area contributed by atoms with E-state index in [1.165, 1.54) is 11.3 Å². The maximum absolute atomic E-state index is 12.3. The summed E-state index contributed by atoms with van der Waals surface area (Å²) in [5, 5.41) is 2.75. The molecule has 6 heteroatoms. The Balaban J connectivity index is 2.20. The molecule has 0 aliphatic carbocycles. The third kappa shape index (κ3) is 3.12. The normalized spacial score (nSPS) is 23.9. The average molecular weight is 281 g/mol. The molecule has 0 aromatic carbocycles. The Labute approximate surface area is 117 Å². The first-order valence-electron chi connectivity index (χ1n) is 6.47. The highest BCUT2D eigenvalue weighted by Gasteiger charge is 2.38. The van der Waals surface area contributed by atoms with Crippen molar-refractivity contribution in [2.75, 3.05) is 0 Å². The molecule has 0 bridgehead atoms. The Hall–Kier alpha value is -1.43. The first kappa shape index (κ1) is 14.0. The van der Waals surface area contributed by atoms with Crippen molar-refractivity contribution in [3.63, 3.8) is 0 Å². The van der Waals surface area contributed by atoms with Gasteiger partial charge in [-0.15, -0.1) is 11.3 Å². The van der Waals surface area contributed by atoms with Crippen LogP contribution in [-0.4, -0.2) is 33.8 Å². The lowest BCUT2D eigenvalue weighted by molar-refractivity contribution is -0.150. The molecule has 5 nitrogen and oxygen atoms in total. The maximum Gasteiger partial charge on any atom is 0.245 e. The minimum Gasteiger partial charge on any atom is -0.343 e. The Morgan fingerprint density at radius 2 is 2.21 bits per heavy atom. The molecule has 2 amide bonds. The number of amides is 2. The second-order valence-corrected chi connectivity index (χ2v) is 6.28. The second kappa shape index (κ2) is 5.69. The van der Waals surface area contributed by atoms with Gasteiger partial charge in [0.05, 0.1) is 12.1 Å². The topological polar surface area (TPSA) is 62.3 Å². The van der Waals surface area contributed by atoms with Gasteiger partial charge in [-0.1, -0.05) is 13.8 Å². The van der Waals surface area contributed by atoms with Crippen molar-refractivity contribution < 1.29 is 9.59 Å². The molecule has 1 aromatic rings. The van der Waals surface area contributed by atoms with Gasteiger partial charge in [-0.2, -0.15) is 0 Å². The van der Waals surface area contributed by atoms with Gasteiger partial charge in [-0.25, -0.2) is 0 Å². The van der Waals surface area contributed by atoms with Crippen molar-refractivity contribution >= 4 is 23.2 Å². The van der Waals surface area contributed by atoms with Gasteiger partial charge in [0.15, 0.2) is 0 Å². The molecule has 1 N–H and O–H groups in total. The van der Waals surface area contributed by atoms with Gasteiger partial charge in [0, 0.05) is 11.1 Å². The van der Waals surface area contributed by atoms with E-state index in [2.05, 4.69) is 24.1 Å². The van der Waals surface area contributed by atoms with Crippen LogP contribution in [-0.2, 0) is 16.1 Å². The molecule has 1 aromatic heterocycles. The standard InChI is InChI=1S/C13H19N3O2S/c1-8(2)4-11-12(17)15-9(3)13(18)16(11)6-10-5-14-7-19-10/h5,7-9,11H,4,6H2,1-3H3,(H,15,17). The fraction of sp³-hybridized carbons (Fsp3) is 0.615. The van der Waals surface area contributed by atoms with Crippen molar-refractivity contribution in [3.05, 3.63) is 16.6 Å². The number of nitrogens with one attached hydrogen (secondary N) is 1. The Morgan fingerprint density at radius 1 is 1.47 bits per heavy atom. The number of carbonyl (C=O) groups is 2. The summed E-state index contributed by atoms with van der Waals surface area (Å²) in [6.45, 7) is 6.31. The Kier molecular flexibility index (Phi) is 4.19. The van der Waals surface area contributed by atoms with Crippen molar-refractivity contribution in [1.82, 2.24) is 15.2 Å². The van der Waals surface area contributed by atoms with Gasteiger partial charge in [0.25, 0.3) is 0 Å². The first-order chi connectivity index (χ1) is 8.99. The van der Waals surface area contributed by atoms with Crippen molar-refractivity contribution in [2.24, 2.45) is 5.92 Å². The molecule has 104 valence electrons. The lowest BCUT2D eigenvalue weighted by Gasteiger charge is -2.38. The van der Waals surface area contributed by atoms with Gasteiger partial charge in [0.2, 0.25) is 11.8 Å². The molecule has 1 fully saturated rings. The van der Waals surface area contributed by atoms with E-state index in [1.807, 2.05) is 0 Å². The second-order valence-electron chi connectivity index (χ2n) is 5.31. The minimum absolute atomic E-state index is 0.0151. The molecule has 19 heavy (non-hydrogen) atoms. The smallest absolute Gasteiger partial charge is 0.245 e. The highest BCUT2D eigenvalue weighted by atomic mass is 32.1. The summed E-state index contributed by atoms with van der Waals surface area (Å²) < 4.78 is 0. The number of nitrogens with zero attached hydrogens (tertiary/aromatic N) is 2. The fourth-order valence-corrected chi connectivity index (χ4v) is 2.86. The SMILES string of the molecule is CC(C)CC1C(=O)NC(C)C(=O)N1Cc1cncs1. The largest absolute Gasteiger partial charge is 0.343 e. The fourth-order valence-electron chi connectivity index (χ4n) is 2.27. The molecule has 0 saturated carbocycles. The minimum atomic E-state index is -0.441. The quantitative estimate of drug-likeness (QED) is 0.907. The molecule has 0 spiro atoms. The van der Waals surface area contributed by atoms with Gasteiger partial charge in [0.1, 0.15) is 12.1 Å². The summed E-state index contributed by atoms with van der Waals surface area (Å²) in [4.78, 5) is 31.1. The molecule has 0 radical (unpaired) electrons. The van der Waals surface area contributed by atoms with Gasteiger partial charge >= 0.3 is 0 Å². The van der Waals surface area contributed by atoms with E-state index >= 15 is 0 Å². The summed E-state index contributed by atoms with van der Waals surface area (Å²) in [6.07, 6.45) is 2.44. The molecule has 2 unspecified atom stereocenters. The van der Waals surface area contributed by atoms with E-state index < -0.39 is 6.04 Å². The van der Waals surface area contributed by atoms with Crippen LogP contribution in [0.5, 0.6) is 0 Å². The predicted octanol–water partition coefficient (Wildman–Crippen LogP) is 1.40. The number of hydrogen-bond acceptors (Lipinski definition) is 4. The van der Waals surface area contributed by atoms with E-state index in [-0.39, 0.29) is 17.9 Å². The van der Waals surface area contributed by atoms with Crippen LogP contribution in [0.15, 0.2) is 11.7 Å². The summed E-state index contributed by atoms with van der Waals surface area (Å²) in [6, 6.07) is -0.811. The van der Waals surface area contributed by atoms with Crippen molar-refractivity contribution in [3.8, 4) is 0 Å². The number of rotatable bonds is 4. The molecule has 1 saturated heterocycles. The van der Waals surface area contributed by atoms with Gasteiger partial charge < -0.3 is 10.2 Å². The van der Waals surface area contributed by atoms with Crippen LogP contribution >= 0.6 is 11.3 Å². The van der Waals surface area contributed by atoms with Crippen LogP contribution in [0.4, 0.5) is 0 Å². The van der Waals surface area contributed by atoms with Crippen LogP contribution in [0.25, 0.3) is 0 Å². The molecule has 2 atom stereocenters. The maximum atomic E-state index is 12.3. The lowest BCUT2D eigenvalue weighted by Crippen LogP contribution is -2.62. The lowest BCUT2D eigenvalue weighted by atomic mass is 9.98. The zero-order chi connectivity index (χ0) is 14.0. The van der Waals surface area contributed by atoms with Crippen molar-refractivity contribution in [1.29, 1.82) is 0 Å². The third-order valence-electron chi connectivity index (χ3n) is 3.20. The van der Waals surface area contributed by atoms with E-state index in [0.717, 1.165) is 4.88 Å². The number of thiazole rings is 1. The van der Waals surface area contributed by atoms with E-state index in [9.17, 15) is 9.59 Å². The third-order valence-corrected chi connectivity index (χ3v) is 3.96. The molecule has 2 heterocycles. The van der Waals surface area contributed by atoms with E-state index in [0.29, 0.717) is 18.9 Å². The van der Waals surface area contributed by atoms with Gasteiger partial charge in [-0.3, -0.25) is 14.6 Å². The number of piperazine rings is 1. The zero-order valence-corrected chi connectivity index (χ0v) is 12.2. The number of aromatic nitrogens is 1.